The van der Waals surface area contributed by atoms with Crippen LogP contribution in [0.25, 0.3) is 0 Å². The van der Waals surface area contributed by atoms with Gasteiger partial charge in [0.25, 0.3) is 0 Å². The number of benzene rings is 1. The van der Waals surface area contributed by atoms with E-state index in [4.69, 9.17) is 0 Å². The molecule has 2 bridgehead atoms. The molecule has 21 heavy (non-hydrogen) atoms. The Balaban J connectivity index is 1.66. The van der Waals surface area contributed by atoms with Crippen LogP contribution in [-0.2, 0) is 9.59 Å². The molecule has 0 radical (unpaired) electrons. The van der Waals surface area contributed by atoms with Crippen LogP contribution >= 0.6 is 0 Å². The van der Waals surface area contributed by atoms with Crippen molar-refractivity contribution in [2.24, 2.45) is 35.0 Å². The Hall–Kier alpha value is -1.90. The third-order valence-corrected chi connectivity index (χ3v) is 6.28. The van der Waals surface area contributed by atoms with Crippen molar-refractivity contribution in [2.45, 2.75) is 13.3 Å². The number of hydrogen-bond acceptors (Lipinski definition) is 2. The van der Waals surface area contributed by atoms with Crippen LogP contribution in [0.3, 0.4) is 0 Å². The van der Waals surface area contributed by atoms with Gasteiger partial charge in [-0.3, -0.25) is 9.59 Å². The summed E-state index contributed by atoms with van der Waals surface area (Å²) in [5, 5.41) is 0. The lowest BCUT2D eigenvalue weighted by Gasteiger charge is -2.45. The average molecular weight is 279 g/mol. The molecule has 6 unspecified atom stereocenters. The summed E-state index contributed by atoms with van der Waals surface area (Å²) < 4.78 is 0. The topological polar surface area (TPSA) is 37.4 Å². The Morgan fingerprint density at radius 1 is 1.10 bits per heavy atom. The largest absolute Gasteiger partial charge is 0.274 e. The van der Waals surface area contributed by atoms with Gasteiger partial charge in [0.1, 0.15) is 0 Å². The lowest BCUT2D eigenvalue weighted by molar-refractivity contribution is -0.134. The molecule has 3 nitrogen and oxygen atoms in total. The molecular weight excluding hydrogens is 262 g/mol. The molecule has 0 N–H and O–H groups in total. The molecule has 4 aliphatic carbocycles. The quantitative estimate of drug-likeness (QED) is 0.585. The molecular formula is C18H17NO2. The first kappa shape index (κ1) is 11.7. The van der Waals surface area contributed by atoms with Gasteiger partial charge in [-0.1, -0.05) is 30.4 Å². The van der Waals surface area contributed by atoms with E-state index in [1.807, 2.05) is 37.3 Å². The van der Waals surface area contributed by atoms with E-state index in [2.05, 4.69) is 12.2 Å². The summed E-state index contributed by atoms with van der Waals surface area (Å²) in [7, 11) is 0. The zero-order valence-electron chi connectivity index (χ0n) is 11.9. The molecule has 6 rings (SSSR count). The molecule has 3 heteroatoms. The Kier molecular flexibility index (Phi) is 1.93. The van der Waals surface area contributed by atoms with E-state index < -0.39 is 5.41 Å². The van der Waals surface area contributed by atoms with Crippen molar-refractivity contribution in [2.75, 3.05) is 4.90 Å². The molecule has 1 aromatic carbocycles. The molecule has 1 heterocycles. The van der Waals surface area contributed by atoms with Crippen LogP contribution in [-0.4, -0.2) is 11.8 Å². The minimum absolute atomic E-state index is 0.00778. The third kappa shape index (κ3) is 1.18. The number of hydrogen-bond donors (Lipinski definition) is 0. The van der Waals surface area contributed by atoms with E-state index in [9.17, 15) is 9.59 Å². The highest BCUT2D eigenvalue weighted by molar-refractivity contribution is 6.24. The minimum atomic E-state index is -0.524. The Labute approximate surface area is 123 Å². The standard InChI is InChI=1S/C18H17NO2/c1-18-14-8-7-11(12-9-13(12)14)15(18)16(20)19(17(18)21)10-5-3-2-4-6-10/h2-8,11-15H,9H2,1H3. The summed E-state index contributed by atoms with van der Waals surface area (Å²) in [6, 6.07) is 9.37. The molecule has 1 aromatic rings. The first-order valence-corrected chi connectivity index (χ1v) is 7.76. The van der Waals surface area contributed by atoms with Gasteiger partial charge in [0, 0.05) is 0 Å². The summed E-state index contributed by atoms with van der Waals surface area (Å²) in [6.45, 7) is 2.02. The van der Waals surface area contributed by atoms with Gasteiger partial charge in [-0.15, -0.1) is 0 Å². The molecule has 6 atom stereocenters. The average Bonchev–Trinajstić information content (AvgIpc) is 3.26. The van der Waals surface area contributed by atoms with Crippen molar-refractivity contribution in [1.82, 2.24) is 0 Å². The SMILES string of the molecule is CC12C(=O)N(c3ccccc3)C(=O)C1C1C=CC2C2CC12. The van der Waals surface area contributed by atoms with Crippen molar-refractivity contribution in [1.29, 1.82) is 0 Å². The lowest BCUT2D eigenvalue weighted by Crippen LogP contribution is -2.49. The van der Waals surface area contributed by atoms with Gasteiger partial charge in [-0.25, -0.2) is 4.90 Å². The number of carbonyl (C=O) groups is 2. The predicted molar refractivity (Wildman–Crippen MR) is 78.2 cm³/mol. The molecule has 2 amide bonds. The monoisotopic (exact) mass is 279 g/mol. The highest BCUT2D eigenvalue weighted by Crippen LogP contribution is 2.70. The highest BCUT2D eigenvalue weighted by atomic mass is 16.2. The van der Waals surface area contributed by atoms with Crippen molar-refractivity contribution in [3.8, 4) is 0 Å². The molecule has 0 aromatic heterocycles. The fourth-order valence-corrected chi connectivity index (χ4v) is 5.23. The molecule has 106 valence electrons. The zero-order chi connectivity index (χ0) is 14.4. The van der Waals surface area contributed by atoms with E-state index in [1.54, 1.807) is 0 Å². The number of nitrogens with zero attached hydrogens (tertiary/aromatic N) is 1. The van der Waals surface area contributed by atoms with Crippen molar-refractivity contribution in [3.05, 3.63) is 42.5 Å². The van der Waals surface area contributed by atoms with E-state index >= 15 is 0 Å². The van der Waals surface area contributed by atoms with Gasteiger partial charge in [0.15, 0.2) is 0 Å². The van der Waals surface area contributed by atoms with Crippen LogP contribution in [0.1, 0.15) is 13.3 Å². The summed E-state index contributed by atoms with van der Waals surface area (Å²) in [5.74, 6) is 1.67. The lowest BCUT2D eigenvalue weighted by atomic mass is 9.55. The zero-order valence-corrected chi connectivity index (χ0v) is 11.9. The van der Waals surface area contributed by atoms with Crippen LogP contribution in [0.4, 0.5) is 5.69 Å². The van der Waals surface area contributed by atoms with E-state index in [-0.39, 0.29) is 29.6 Å². The van der Waals surface area contributed by atoms with Crippen LogP contribution < -0.4 is 4.90 Å². The second-order valence-electron chi connectivity index (χ2n) is 7.13. The maximum Gasteiger partial charge on any atom is 0.241 e. The van der Waals surface area contributed by atoms with Crippen molar-refractivity contribution < 1.29 is 9.59 Å². The summed E-state index contributed by atoms with van der Waals surface area (Å²) in [6.07, 6.45) is 5.63. The molecule has 2 saturated carbocycles. The second kappa shape index (κ2) is 3.46. The first-order valence-electron chi connectivity index (χ1n) is 7.76. The van der Waals surface area contributed by atoms with Crippen LogP contribution in [0, 0.1) is 35.0 Å². The fourth-order valence-electron chi connectivity index (χ4n) is 5.23. The van der Waals surface area contributed by atoms with Crippen molar-refractivity contribution in [3.63, 3.8) is 0 Å². The van der Waals surface area contributed by atoms with Crippen LogP contribution in [0.15, 0.2) is 42.5 Å². The Morgan fingerprint density at radius 2 is 1.86 bits per heavy atom. The molecule has 1 saturated heterocycles. The van der Waals surface area contributed by atoms with E-state index in [0.29, 0.717) is 11.8 Å². The minimum Gasteiger partial charge on any atom is -0.274 e. The molecule has 3 fully saturated rings. The van der Waals surface area contributed by atoms with Crippen molar-refractivity contribution >= 4 is 17.5 Å². The highest BCUT2D eigenvalue weighted by Gasteiger charge is 2.72. The number of para-hydroxylation sites is 1. The van der Waals surface area contributed by atoms with Crippen LogP contribution in [0.2, 0.25) is 0 Å². The molecule has 0 spiro atoms. The van der Waals surface area contributed by atoms with Crippen LogP contribution in [0.5, 0.6) is 0 Å². The Morgan fingerprint density at radius 3 is 2.62 bits per heavy atom. The first-order chi connectivity index (χ1) is 10.1. The van der Waals surface area contributed by atoms with Gasteiger partial charge in [0.05, 0.1) is 17.0 Å². The summed E-state index contributed by atoms with van der Waals surface area (Å²) in [5.41, 5.74) is 0.195. The predicted octanol–water partition coefficient (Wildman–Crippen LogP) is 2.63. The Bertz CT molecular complexity index is 694. The molecule has 5 aliphatic rings. The maximum atomic E-state index is 13.1. The van der Waals surface area contributed by atoms with Gasteiger partial charge >= 0.3 is 0 Å². The van der Waals surface area contributed by atoms with Gasteiger partial charge in [-0.2, -0.15) is 0 Å². The number of imide groups is 1. The number of anilines is 1. The number of rotatable bonds is 1. The normalized spacial score (nSPS) is 45.8. The third-order valence-electron chi connectivity index (χ3n) is 6.28. The second-order valence-corrected chi connectivity index (χ2v) is 7.13. The smallest absolute Gasteiger partial charge is 0.241 e. The number of allylic oxidation sites excluding steroid dienone is 2. The fraction of sp³-hybridized carbons (Fsp3) is 0.444. The molecule has 1 aliphatic heterocycles. The van der Waals surface area contributed by atoms with E-state index in [0.717, 1.165) is 5.69 Å². The van der Waals surface area contributed by atoms with E-state index in [1.165, 1.54) is 11.3 Å². The summed E-state index contributed by atoms with van der Waals surface area (Å²) >= 11 is 0. The number of carbonyl (C=O) groups excluding carboxylic acids is 2. The van der Waals surface area contributed by atoms with Gasteiger partial charge < -0.3 is 0 Å². The van der Waals surface area contributed by atoms with Gasteiger partial charge in [0.2, 0.25) is 11.8 Å². The summed E-state index contributed by atoms with van der Waals surface area (Å²) in [4.78, 5) is 27.5. The maximum absolute atomic E-state index is 13.1. The van der Waals surface area contributed by atoms with Gasteiger partial charge in [-0.05, 0) is 49.1 Å². The number of amides is 2.